The van der Waals surface area contributed by atoms with E-state index < -0.39 is 6.04 Å². The van der Waals surface area contributed by atoms with Crippen molar-refractivity contribution in [3.05, 3.63) is 71.5 Å². The van der Waals surface area contributed by atoms with Gasteiger partial charge in [-0.1, -0.05) is 56.3 Å². The Balaban J connectivity index is 2.33. The summed E-state index contributed by atoms with van der Waals surface area (Å²) in [5.74, 6) is -0.978. The Hall–Kier alpha value is -2.73. The summed E-state index contributed by atoms with van der Waals surface area (Å²) in [6.45, 7) is 4.60. The van der Waals surface area contributed by atoms with E-state index in [0.29, 0.717) is 19.6 Å². The van der Waals surface area contributed by atoms with Crippen LogP contribution < -0.4 is 5.32 Å². The number of rotatable bonds is 10. The van der Waals surface area contributed by atoms with Gasteiger partial charge in [0, 0.05) is 32.5 Å². The zero-order chi connectivity index (χ0) is 21.2. The highest BCUT2D eigenvalue weighted by atomic mass is 19.1. The summed E-state index contributed by atoms with van der Waals surface area (Å²) in [7, 11) is 1.57. The van der Waals surface area contributed by atoms with Gasteiger partial charge in [-0.2, -0.15) is 0 Å². The third-order valence-electron chi connectivity index (χ3n) is 4.60. The molecule has 0 radical (unpaired) electrons. The molecule has 2 aromatic rings. The molecular weight excluding hydrogens is 371 g/mol. The predicted octanol–water partition coefficient (Wildman–Crippen LogP) is 3.18. The molecule has 0 aromatic heterocycles. The van der Waals surface area contributed by atoms with Crippen LogP contribution in [0.1, 0.15) is 25.0 Å². The van der Waals surface area contributed by atoms with Crippen molar-refractivity contribution in [2.75, 3.05) is 20.3 Å². The fourth-order valence-corrected chi connectivity index (χ4v) is 3.04. The van der Waals surface area contributed by atoms with Crippen molar-refractivity contribution in [3.63, 3.8) is 0 Å². The molecule has 0 bridgehead atoms. The van der Waals surface area contributed by atoms with E-state index >= 15 is 0 Å². The van der Waals surface area contributed by atoms with Gasteiger partial charge >= 0.3 is 0 Å². The predicted molar refractivity (Wildman–Crippen MR) is 111 cm³/mol. The van der Waals surface area contributed by atoms with E-state index in [9.17, 15) is 14.0 Å². The molecule has 2 rings (SSSR count). The Morgan fingerprint density at radius 3 is 2.28 bits per heavy atom. The lowest BCUT2D eigenvalue weighted by atomic mass is 10.0. The van der Waals surface area contributed by atoms with Crippen LogP contribution in [-0.4, -0.2) is 43.0 Å². The molecule has 0 fully saturated rings. The zero-order valence-corrected chi connectivity index (χ0v) is 17.2. The maximum absolute atomic E-state index is 13.3. The Labute approximate surface area is 171 Å². The van der Waals surface area contributed by atoms with Gasteiger partial charge in [0.25, 0.3) is 0 Å². The molecule has 156 valence electrons. The number of ether oxygens (including phenoxy) is 1. The van der Waals surface area contributed by atoms with Gasteiger partial charge in [0.2, 0.25) is 11.8 Å². The molecule has 0 unspecified atom stereocenters. The van der Waals surface area contributed by atoms with Crippen molar-refractivity contribution in [2.24, 2.45) is 5.92 Å². The van der Waals surface area contributed by atoms with Crippen LogP contribution in [0.25, 0.3) is 0 Å². The quantitative estimate of drug-likeness (QED) is 0.623. The van der Waals surface area contributed by atoms with Gasteiger partial charge in [-0.05, 0) is 23.3 Å². The van der Waals surface area contributed by atoms with Crippen molar-refractivity contribution in [2.45, 2.75) is 32.9 Å². The molecule has 5 nitrogen and oxygen atoms in total. The maximum atomic E-state index is 13.3. The van der Waals surface area contributed by atoms with Gasteiger partial charge in [0.05, 0.1) is 6.61 Å². The second kappa shape index (κ2) is 11.3. The zero-order valence-electron chi connectivity index (χ0n) is 17.2. The van der Waals surface area contributed by atoms with E-state index in [2.05, 4.69) is 5.32 Å². The summed E-state index contributed by atoms with van der Waals surface area (Å²) in [6, 6.07) is 14.9. The summed E-state index contributed by atoms with van der Waals surface area (Å²) in [5, 5.41) is 2.86. The molecule has 0 saturated heterocycles. The van der Waals surface area contributed by atoms with Crippen molar-refractivity contribution >= 4 is 11.8 Å². The van der Waals surface area contributed by atoms with Crippen molar-refractivity contribution in [1.82, 2.24) is 10.2 Å². The summed E-state index contributed by atoms with van der Waals surface area (Å²) in [5.41, 5.74) is 1.73. The fraction of sp³-hybridized carbons (Fsp3) is 0.391. The number of nitrogens with one attached hydrogen (secondary N) is 1. The van der Waals surface area contributed by atoms with E-state index in [1.807, 2.05) is 44.2 Å². The van der Waals surface area contributed by atoms with Gasteiger partial charge in [-0.3, -0.25) is 9.59 Å². The largest absolute Gasteiger partial charge is 0.383 e. The Morgan fingerprint density at radius 2 is 1.69 bits per heavy atom. The lowest BCUT2D eigenvalue weighted by Gasteiger charge is -2.32. The minimum atomic E-state index is -0.686. The molecule has 0 aliphatic carbocycles. The lowest BCUT2D eigenvalue weighted by molar-refractivity contribution is -0.143. The van der Waals surface area contributed by atoms with Gasteiger partial charge in [-0.25, -0.2) is 4.39 Å². The standard InChI is InChI=1S/C23H29FN2O3/c1-17(2)23(28)26(16-19-9-11-20(24)12-10-19)21(22(27)25-13-14-29-3)15-18-7-5-4-6-8-18/h4-12,17,21H,13-16H2,1-3H3,(H,25,27)/t21-/m0/s1. The SMILES string of the molecule is COCCNC(=O)[C@H](Cc1ccccc1)N(Cc1ccc(F)cc1)C(=O)C(C)C. The van der Waals surface area contributed by atoms with E-state index in [0.717, 1.165) is 11.1 Å². The lowest BCUT2D eigenvalue weighted by Crippen LogP contribution is -2.52. The first-order chi connectivity index (χ1) is 13.9. The molecule has 0 saturated carbocycles. The highest BCUT2D eigenvalue weighted by Crippen LogP contribution is 2.17. The third kappa shape index (κ3) is 6.98. The van der Waals surface area contributed by atoms with Crippen molar-refractivity contribution in [1.29, 1.82) is 0 Å². The van der Waals surface area contributed by atoms with Crippen LogP contribution in [0.2, 0.25) is 0 Å². The monoisotopic (exact) mass is 400 g/mol. The molecule has 6 heteroatoms. The Bertz CT molecular complexity index is 778. The van der Waals surface area contributed by atoms with Crippen LogP contribution in [0.3, 0.4) is 0 Å². The number of carbonyl (C=O) groups is 2. The molecule has 2 amide bonds. The molecule has 29 heavy (non-hydrogen) atoms. The number of benzene rings is 2. The molecular formula is C23H29FN2O3. The summed E-state index contributed by atoms with van der Waals surface area (Å²) >= 11 is 0. The van der Waals surface area contributed by atoms with Crippen LogP contribution in [0.15, 0.2) is 54.6 Å². The number of hydrogen-bond acceptors (Lipinski definition) is 3. The Morgan fingerprint density at radius 1 is 1.03 bits per heavy atom. The van der Waals surface area contributed by atoms with E-state index in [1.165, 1.54) is 12.1 Å². The van der Waals surface area contributed by atoms with Crippen LogP contribution in [-0.2, 0) is 27.3 Å². The smallest absolute Gasteiger partial charge is 0.243 e. The molecule has 0 spiro atoms. The second-order valence-corrected chi connectivity index (χ2v) is 7.24. The van der Waals surface area contributed by atoms with Crippen molar-refractivity contribution < 1.29 is 18.7 Å². The minimum absolute atomic E-state index is 0.128. The first-order valence-electron chi connectivity index (χ1n) is 9.78. The van der Waals surface area contributed by atoms with Crippen molar-refractivity contribution in [3.8, 4) is 0 Å². The molecule has 0 heterocycles. The van der Waals surface area contributed by atoms with E-state index in [4.69, 9.17) is 4.74 Å². The average Bonchev–Trinajstić information content (AvgIpc) is 2.72. The molecule has 0 aliphatic heterocycles. The maximum Gasteiger partial charge on any atom is 0.243 e. The molecule has 1 N–H and O–H groups in total. The van der Waals surface area contributed by atoms with Gasteiger partial charge in [0.1, 0.15) is 11.9 Å². The normalized spacial score (nSPS) is 11.9. The third-order valence-corrected chi connectivity index (χ3v) is 4.60. The fourth-order valence-electron chi connectivity index (χ4n) is 3.04. The average molecular weight is 400 g/mol. The van der Waals surface area contributed by atoms with Gasteiger partial charge in [0.15, 0.2) is 0 Å². The second-order valence-electron chi connectivity index (χ2n) is 7.24. The summed E-state index contributed by atoms with van der Waals surface area (Å²) in [4.78, 5) is 27.6. The number of hydrogen-bond donors (Lipinski definition) is 1. The first kappa shape index (κ1) is 22.6. The highest BCUT2D eigenvalue weighted by molar-refractivity contribution is 5.88. The number of halogens is 1. The first-order valence-corrected chi connectivity index (χ1v) is 9.78. The van der Waals surface area contributed by atoms with Crippen LogP contribution in [0.5, 0.6) is 0 Å². The van der Waals surface area contributed by atoms with Gasteiger partial charge in [-0.15, -0.1) is 0 Å². The van der Waals surface area contributed by atoms with Crippen LogP contribution >= 0.6 is 0 Å². The molecule has 0 aliphatic rings. The highest BCUT2D eigenvalue weighted by Gasteiger charge is 2.31. The van der Waals surface area contributed by atoms with Crippen LogP contribution in [0.4, 0.5) is 4.39 Å². The summed E-state index contributed by atoms with van der Waals surface area (Å²) in [6.07, 6.45) is 0.388. The van der Waals surface area contributed by atoms with E-state index in [1.54, 1.807) is 24.1 Å². The minimum Gasteiger partial charge on any atom is -0.383 e. The van der Waals surface area contributed by atoms with E-state index in [-0.39, 0.29) is 30.1 Å². The Kier molecular flexibility index (Phi) is 8.80. The van der Waals surface area contributed by atoms with Gasteiger partial charge < -0.3 is 15.0 Å². The molecule has 1 atom stereocenters. The number of carbonyl (C=O) groups excluding carboxylic acids is 2. The van der Waals surface area contributed by atoms with Crippen LogP contribution in [0, 0.1) is 11.7 Å². The molecule has 2 aromatic carbocycles. The topological polar surface area (TPSA) is 58.6 Å². The number of methoxy groups -OCH3 is 1. The number of amides is 2. The summed E-state index contributed by atoms with van der Waals surface area (Å²) < 4.78 is 18.3. The number of nitrogens with zero attached hydrogens (tertiary/aromatic N) is 1.